The van der Waals surface area contributed by atoms with Crippen molar-refractivity contribution in [1.82, 2.24) is 0 Å². The second kappa shape index (κ2) is 5.25. The number of aryl methyl sites for hydroxylation is 1. The van der Waals surface area contributed by atoms with Gasteiger partial charge in [-0.2, -0.15) is 0 Å². The molecule has 0 aromatic heterocycles. The van der Waals surface area contributed by atoms with Crippen LogP contribution in [0.4, 0.5) is 0 Å². The van der Waals surface area contributed by atoms with Crippen molar-refractivity contribution in [3.8, 4) is 0 Å². The molecule has 3 nitrogen and oxygen atoms in total. The van der Waals surface area contributed by atoms with E-state index in [1.165, 1.54) is 5.56 Å². The molecule has 0 saturated heterocycles. The number of hydrogen-bond donors (Lipinski definition) is 1. The van der Waals surface area contributed by atoms with E-state index in [0.29, 0.717) is 12.1 Å². The normalized spacial score (nSPS) is 23.7. The van der Waals surface area contributed by atoms with Gasteiger partial charge >= 0.3 is 0 Å². The highest BCUT2D eigenvalue weighted by atomic mass is 35.6. The summed E-state index contributed by atoms with van der Waals surface area (Å²) in [5.41, 5.74) is 1.87. The number of halogens is 3. The molecule has 18 heavy (non-hydrogen) atoms. The van der Waals surface area contributed by atoms with Gasteiger partial charge in [0.1, 0.15) is 0 Å². The summed E-state index contributed by atoms with van der Waals surface area (Å²) in [4.78, 5) is 4.85. The van der Waals surface area contributed by atoms with Crippen LogP contribution >= 0.6 is 34.8 Å². The third kappa shape index (κ3) is 3.09. The number of oxime groups is 1. The van der Waals surface area contributed by atoms with Gasteiger partial charge in [-0.3, -0.25) is 0 Å². The SMILES string of the molecule is OC1(C(Cl)(Cl)Cl)CC(CCc2ccccc2)=NO1. The highest BCUT2D eigenvalue weighted by Gasteiger charge is 2.53. The highest BCUT2D eigenvalue weighted by Crippen LogP contribution is 2.44. The monoisotopic (exact) mass is 307 g/mol. The van der Waals surface area contributed by atoms with Gasteiger partial charge in [-0.25, -0.2) is 0 Å². The van der Waals surface area contributed by atoms with E-state index in [9.17, 15) is 5.11 Å². The molecular formula is C12H12Cl3NO2. The zero-order valence-corrected chi connectivity index (χ0v) is 11.7. The van der Waals surface area contributed by atoms with E-state index in [1.807, 2.05) is 30.3 Å². The molecule has 1 aromatic carbocycles. The predicted molar refractivity (Wildman–Crippen MR) is 73.1 cm³/mol. The Morgan fingerprint density at radius 2 is 1.89 bits per heavy atom. The van der Waals surface area contributed by atoms with Crippen molar-refractivity contribution in [3.63, 3.8) is 0 Å². The predicted octanol–water partition coefficient (Wildman–Crippen LogP) is 3.45. The maximum Gasteiger partial charge on any atom is 0.287 e. The number of benzene rings is 1. The molecular weight excluding hydrogens is 296 g/mol. The molecule has 98 valence electrons. The fourth-order valence-corrected chi connectivity index (χ4v) is 2.00. The van der Waals surface area contributed by atoms with Gasteiger partial charge in [0.25, 0.3) is 9.58 Å². The van der Waals surface area contributed by atoms with Crippen LogP contribution in [-0.4, -0.2) is 20.4 Å². The van der Waals surface area contributed by atoms with Gasteiger partial charge in [0.05, 0.1) is 12.1 Å². The summed E-state index contributed by atoms with van der Waals surface area (Å²) in [6.07, 6.45) is 1.57. The van der Waals surface area contributed by atoms with Gasteiger partial charge in [-0.1, -0.05) is 70.3 Å². The fraction of sp³-hybridized carbons (Fsp3) is 0.417. The van der Waals surface area contributed by atoms with Crippen LogP contribution in [0.1, 0.15) is 18.4 Å². The van der Waals surface area contributed by atoms with E-state index < -0.39 is 9.58 Å². The van der Waals surface area contributed by atoms with Crippen molar-refractivity contribution in [2.24, 2.45) is 5.16 Å². The minimum absolute atomic E-state index is 0.107. The van der Waals surface area contributed by atoms with Crippen LogP contribution in [-0.2, 0) is 11.3 Å². The second-order valence-corrected chi connectivity index (χ2v) is 6.47. The van der Waals surface area contributed by atoms with E-state index >= 15 is 0 Å². The zero-order chi connectivity index (χ0) is 13.2. The molecule has 0 amide bonds. The number of rotatable bonds is 3. The Hall–Kier alpha value is -0.480. The van der Waals surface area contributed by atoms with E-state index in [0.717, 1.165) is 6.42 Å². The van der Waals surface area contributed by atoms with Gasteiger partial charge in [-0.05, 0) is 18.4 Å². The molecule has 0 spiro atoms. The lowest BCUT2D eigenvalue weighted by Crippen LogP contribution is -2.42. The molecule has 0 saturated carbocycles. The summed E-state index contributed by atoms with van der Waals surface area (Å²) in [7, 11) is 0. The summed E-state index contributed by atoms with van der Waals surface area (Å²) in [6.45, 7) is 0. The van der Waals surface area contributed by atoms with E-state index in [-0.39, 0.29) is 6.42 Å². The van der Waals surface area contributed by atoms with Gasteiger partial charge < -0.3 is 9.94 Å². The first-order chi connectivity index (χ1) is 8.41. The van der Waals surface area contributed by atoms with Crippen molar-refractivity contribution < 1.29 is 9.94 Å². The lowest BCUT2D eigenvalue weighted by Gasteiger charge is -2.26. The van der Waals surface area contributed by atoms with Crippen molar-refractivity contribution in [2.45, 2.75) is 28.8 Å². The lowest BCUT2D eigenvalue weighted by molar-refractivity contribution is -0.181. The summed E-state index contributed by atoms with van der Waals surface area (Å²) < 4.78 is -1.91. The van der Waals surface area contributed by atoms with Gasteiger partial charge in [0, 0.05) is 0 Å². The Bertz CT molecular complexity index is 444. The maximum absolute atomic E-state index is 9.96. The van der Waals surface area contributed by atoms with Gasteiger partial charge in [0.15, 0.2) is 0 Å². The molecule has 1 aliphatic rings. The molecule has 1 aliphatic heterocycles. The quantitative estimate of drug-likeness (QED) is 0.869. The standard InChI is InChI=1S/C12H12Cl3NO2/c13-12(14,15)11(17)8-10(16-18-11)7-6-9-4-2-1-3-5-9/h1-5,17H,6-8H2. The molecule has 1 N–H and O–H groups in total. The Morgan fingerprint density at radius 3 is 2.44 bits per heavy atom. The lowest BCUT2D eigenvalue weighted by atomic mass is 10.0. The molecule has 0 bridgehead atoms. The first-order valence-electron chi connectivity index (χ1n) is 5.48. The molecule has 1 heterocycles. The molecule has 1 atom stereocenters. The first kappa shape index (κ1) is 13.9. The first-order valence-corrected chi connectivity index (χ1v) is 6.61. The number of aliphatic hydroxyl groups is 1. The second-order valence-electron chi connectivity index (χ2n) is 4.19. The van der Waals surface area contributed by atoms with Crippen LogP contribution in [0.2, 0.25) is 0 Å². The third-order valence-corrected chi connectivity index (χ3v) is 3.64. The Balaban J connectivity index is 1.91. The molecule has 1 unspecified atom stereocenters. The summed E-state index contributed by atoms with van der Waals surface area (Å²) in [5, 5.41) is 13.7. The minimum Gasteiger partial charge on any atom is -0.355 e. The number of hydrogen-bond acceptors (Lipinski definition) is 3. The van der Waals surface area contributed by atoms with Crippen LogP contribution in [0, 0.1) is 0 Å². The molecule has 6 heteroatoms. The average molecular weight is 309 g/mol. The van der Waals surface area contributed by atoms with E-state index in [4.69, 9.17) is 39.6 Å². The topological polar surface area (TPSA) is 41.8 Å². The van der Waals surface area contributed by atoms with Crippen LogP contribution in [0.5, 0.6) is 0 Å². The molecule has 2 rings (SSSR count). The van der Waals surface area contributed by atoms with Crippen molar-refractivity contribution in [2.75, 3.05) is 0 Å². The van der Waals surface area contributed by atoms with Gasteiger partial charge in [-0.15, -0.1) is 0 Å². The Morgan fingerprint density at radius 1 is 1.22 bits per heavy atom. The smallest absolute Gasteiger partial charge is 0.287 e. The van der Waals surface area contributed by atoms with Crippen LogP contribution in [0.15, 0.2) is 35.5 Å². The van der Waals surface area contributed by atoms with E-state index in [2.05, 4.69) is 5.16 Å². The zero-order valence-electron chi connectivity index (χ0n) is 9.44. The molecule has 0 radical (unpaired) electrons. The summed E-state index contributed by atoms with van der Waals surface area (Å²) >= 11 is 16.9. The van der Waals surface area contributed by atoms with Gasteiger partial charge in [0.2, 0.25) is 0 Å². The maximum atomic E-state index is 9.96. The Labute approximate surface area is 120 Å². The molecule has 1 aromatic rings. The third-order valence-electron chi connectivity index (χ3n) is 2.76. The molecule has 0 aliphatic carbocycles. The summed E-state index contributed by atoms with van der Waals surface area (Å²) in [6, 6.07) is 9.95. The molecule has 0 fully saturated rings. The fourth-order valence-electron chi connectivity index (χ4n) is 1.70. The minimum atomic E-state index is -1.91. The van der Waals surface area contributed by atoms with Crippen molar-refractivity contribution in [1.29, 1.82) is 0 Å². The van der Waals surface area contributed by atoms with E-state index in [1.54, 1.807) is 0 Å². The average Bonchev–Trinajstić information content (AvgIpc) is 2.71. The number of alkyl halides is 3. The van der Waals surface area contributed by atoms with Crippen molar-refractivity contribution >= 4 is 40.5 Å². The van der Waals surface area contributed by atoms with Crippen LogP contribution in [0.3, 0.4) is 0 Å². The van der Waals surface area contributed by atoms with Crippen LogP contribution in [0.25, 0.3) is 0 Å². The van der Waals surface area contributed by atoms with Crippen LogP contribution < -0.4 is 0 Å². The highest BCUT2D eigenvalue weighted by molar-refractivity contribution is 6.68. The van der Waals surface area contributed by atoms with Crippen molar-refractivity contribution in [3.05, 3.63) is 35.9 Å². The Kier molecular flexibility index (Phi) is 4.07. The number of nitrogens with zero attached hydrogens (tertiary/aromatic N) is 1. The largest absolute Gasteiger partial charge is 0.355 e. The summed E-state index contributed by atoms with van der Waals surface area (Å²) in [5.74, 6) is -1.86.